The van der Waals surface area contributed by atoms with Gasteiger partial charge in [-0.3, -0.25) is 4.79 Å². The molecule has 0 fully saturated rings. The number of aromatic amines is 1. The SMILES string of the molecule is CCCC(NC(=O)c1cc2cc(C)ccc2[nH]1)c1ccccc1. The van der Waals surface area contributed by atoms with Crippen LogP contribution in [0.25, 0.3) is 10.9 Å². The van der Waals surface area contributed by atoms with Crippen LogP contribution in [-0.2, 0) is 0 Å². The lowest BCUT2D eigenvalue weighted by Gasteiger charge is -2.18. The molecule has 1 aromatic heterocycles. The van der Waals surface area contributed by atoms with E-state index in [9.17, 15) is 4.79 Å². The third kappa shape index (κ3) is 3.45. The van der Waals surface area contributed by atoms with Gasteiger partial charge in [0.15, 0.2) is 0 Å². The second kappa shape index (κ2) is 6.69. The van der Waals surface area contributed by atoms with Crippen molar-refractivity contribution in [3.8, 4) is 0 Å². The van der Waals surface area contributed by atoms with Crippen LogP contribution in [0.3, 0.4) is 0 Å². The van der Waals surface area contributed by atoms with Crippen molar-refractivity contribution < 1.29 is 4.79 Å². The summed E-state index contributed by atoms with van der Waals surface area (Å²) in [6.07, 6.45) is 1.95. The highest BCUT2D eigenvalue weighted by molar-refractivity contribution is 5.98. The minimum absolute atomic E-state index is 0.0434. The van der Waals surface area contributed by atoms with Gasteiger partial charge in [-0.1, -0.05) is 55.3 Å². The molecule has 3 aromatic rings. The number of rotatable bonds is 5. The van der Waals surface area contributed by atoms with Crippen LogP contribution in [0.2, 0.25) is 0 Å². The third-order valence-electron chi connectivity index (χ3n) is 4.11. The molecule has 1 heterocycles. The first-order chi connectivity index (χ1) is 11.2. The number of fused-ring (bicyclic) bond motifs is 1. The Kier molecular flexibility index (Phi) is 4.47. The van der Waals surface area contributed by atoms with Crippen LogP contribution < -0.4 is 5.32 Å². The van der Waals surface area contributed by atoms with Crippen molar-refractivity contribution in [1.82, 2.24) is 10.3 Å². The molecular weight excluding hydrogens is 284 g/mol. The van der Waals surface area contributed by atoms with Gasteiger partial charge >= 0.3 is 0 Å². The molecule has 0 aliphatic heterocycles. The Morgan fingerprint density at radius 2 is 1.91 bits per heavy atom. The molecule has 0 spiro atoms. The zero-order valence-electron chi connectivity index (χ0n) is 13.6. The van der Waals surface area contributed by atoms with Crippen LogP contribution in [0.15, 0.2) is 54.6 Å². The van der Waals surface area contributed by atoms with Crippen molar-refractivity contribution in [3.63, 3.8) is 0 Å². The zero-order chi connectivity index (χ0) is 16.2. The largest absolute Gasteiger partial charge is 0.351 e. The molecule has 23 heavy (non-hydrogen) atoms. The van der Waals surface area contributed by atoms with Crippen LogP contribution in [-0.4, -0.2) is 10.9 Å². The van der Waals surface area contributed by atoms with Crippen molar-refractivity contribution in [2.24, 2.45) is 0 Å². The number of hydrogen-bond acceptors (Lipinski definition) is 1. The number of carbonyl (C=O) groups is 1. The summed E-state index contributed by atoms with van der Waals surface area (Å²) < 4.78 is 0. The molecule has 0 saturated heterocycles. The lowest BCUT2D eigenvalue weighted by Crippen LogP contribution is -2.28. The van der Waals surface area contributed by atoms with E-state index in [-0.39, 0.29) is 11.9 Å². The molecule has 1 unspecified atom stereocenters. The first kappa shape index (κ1) is 15.3. The number of nitrogens with one attached hydrogen (secondary N) is 2. The fourth-order valence-electron chi connectivity index (χ4n) is 2.91. The van der Waals surface area contributed by atoms with E-state index in [1.165, 1.54) is 5.56 Å². The smallest absolute Gasteiger partial charge is 0.268 e. The maximum absolute atomic E-state index is 12.6. The Morgan fingerprint density at radius 1 is 1.13 bits per heavy atom. The molecule has 1 amide bonds. The van der Waals surface area contributed by atoms with Crippen molar-refractivity contribution in [3.05, 3.63) is 71.4 Å². The molecule has 3 nitrogen and oxygen atoms in total. The van der Waals surface area contributed by atoms with Gasteiger partial charge in [0, 0.05) is 10.9 Å². The number of benzene rings is 2. The Morgan fingerprint density at radius 3 is 2.65 bits per heavy atom. The molecule has 2 N–H and O–H groups in total. The predicted octanol–water partition coefficient (Wildman–Crippen LogP) is 4.75. The van der Waals surface area contributed by atoms with Crippen LogP contribution in [0, 0.1) is 6.92 Å². The maximum Gasteiger partial charge on any atom is 0.268 e. The summed E-state index contributed by atoms with van der Waals surface area (Å²) in [4.78, 5) is 15.8. The van der Waals surface area contributed by atoms with E-state index in [0.29, 0.717) is 5.69 Å². The Bertz CT molecular complexity index is 805. The summed E-state index contributed by atoms with van der Waals surface area (Å²) in [5.74, 6) is -0.0545. The van der Waals surface area contributed by atoms with Gasteiger partial charge < -0.3 is 10.3 Å². The van der Waals surface area contributed by atoms with Crippen molar-refractivity contribution >= 4 is 16.8 Å². The minimum atomic E-state index is -0.0545. The lowest BCUT2D eigenvalue weighted by atomic mass is 10.0. The van der Waals surface area contributed by atoms with Crippen LogP contribution in [0.1, 0.15) is 47.4 Å². The van der Waals surface area contributed by atoms with E-state index in [2.05, 4.69) is 42.3 Å². The van der Waals surface area contributed by atoms with Gasteiger partial charge in [-0.2, -0.15) is 0 Å². The summed E-state index contributed by atoms with van der Waals surface area (Å²) in [5.41, 5.74) is 3.95. The fraction of sp³-hybridized carbons (Fsp3) is 0.250. The van der Waals surface area contributed by atoms with Crippen LogP contribution >= 0.6 is 0 Å². The predicted molar refractivity (Wildman–Crippen MR) is 94.6 cm³/mol. The van der Waals surface area contributed by atoms with Gasteiger partial charge in [-0.05, 0) is 37.1 Å². The maximum atomic E-state index is 12.6. The molecule has 1 atom stereocenters. The minimum Gasteiger partial charge on any atom is -0.351 e. The molecule has 0 bridgehead atoms. The van der Waals surface area contributed by atoms with E-state index in [0.717, 1.165) is 29.3 Å². The molecule has 2 aromatic carbocycles. The van der Waals surface area contributed by atoms with Gasteiger partial charge in [0.05, 0.1) is 6.04 Å². The highest BCUT2D eigenvalue weighted by Gasteiger charge is 2.16. The van der Waals surface area contributed by atoms with Gasteiger partial charge in [0.1, 0.15) is 5.69 Å². The van der Waals surface area contributed by atoms with E-state index in [4.69, 9.17) is 0 Å². The Labute approximate surface area is 136 Å². The topological polar surface area (TPSA) is 44.9 Å². The van der Waals surface area contributed by atoms with Gasteiger partial charge in [0.25, 0.3) is 5.91 Å². The first-order valence-electron chi connectivity index (χ1n) is 8.12. The third-order valence-corrected chi connectivity index (χ3v) is 4.11. The van der Waals surface area contributed by atoms with Crippen molar-refractivity contribution in [2.45, 2.75) is 32.7 Å². The summed E-state index contributed by atoms with van der Waals surface area (Å²) >= 11 is 0. The van der Waals surface area contributed by atoms with Gasteiger partial charge in [0.2, 0.25) is 0 Å². The molecular formula is C20H22N2O. The highest BCUT2D eigenvalue weighted by atomic mass is 16.1. The van der Waals surface area contributed by atoms with Crippen molar-refractivity contribution in [2.75, 3.05) is 0 Å². The van der Waals surface area contributed by atoms with E-state index >= 15 is 0 Å². The molecule has 3 rings (SSSR count). The summed E-state index contributed by atoms with van der Waals surface area (Å²) in [6, 6.07) is 18.3. The molecule has 0 radical (unpaired) electrons. The number of H-pyrrole nitrogens is 1. The Hall–Kier alpha value is -2.55. The average molecular weight is 306 g/mol. The molecule has 118 valence electrons. The van der Waals surface area contributed by atoms with E-state index in [1.54, 1.807) is 0 Å². The number of aromatic nitrogens is 1. The number of amides is 1. The molecule has 0 saturated carbocycles. The number of carbonyl (C=O) groups excluding carboxylic acids is 1. The van der Waals surface area contributed by atoms with E-state index in [1.807, 2.05) is 36.4 Å². The first-order valence-corrected chi connectivity index (χ1v) is 8.12. The Balaban J connectivity index is 1.83. The molecule has 0 aliphatic carbocycles. The summed E-state index contributed by atoms with van der Waals surface area (Å²) in [6.45, 7) is 4.19. The van der Waals surface area contributed by atoms with Gasteiger partial charge in [-0.25, -0.2) is 0 Å². The normalized spacial score (nSPS) is 12.3. The lowest BCUT2D eigenvalue weighted by molar-refractivity contribution is 0.0930. The van der Waals surface area contributed by atoms with Crippen molar-refractivity contribution in [1.29, 1.82) is 0 Å². The zero-order valence-corrected chi connectivity index (χ0v) is 13.6. The van der Waals surface area contributed by atoms with E-state index < -0.39 is 0 Å². The summed E-state index contributed by atoms with van der Waals surface area (Å²) in [5, 5.41) is 4.23. The standard InChI is InChI=1S/C20H22N2O/c1-3-7-17(15-8-5-4-6-9-15)22-20(23)19-13-16-12-14(2)10-11-18(16)21-19/h4-6,8-13,17,21H,3,7H2,1-2H3,(H,22,23). The second-order valence-electron chi connectivity index (χ2n) is 6.00. The summed E-state index contributed by atoms with van der Waals surface area (Å²) in [7, 11) is 0. The highest BCUT2D eigenvalue weighted by Crippen LogP contribution is 2.21. The quantitative estimate of drug-likeness (QED) is 0.702. The fourth-order valence-corrected chi connectivity index (χ4v) is 2.91. The monoisotopic (exact) mass is 306 g/mol. The van der Waals surface area contributed by atoms with Crippen LogP contribution in [0.5, 0.6) is 0 Å². The molecule has 0 aliphatic rings. The number of aryl methyl sites for hydroxylation is 1. The van der Waals surface area contributed by atoms with Crippen LogP contribution in [0.4, 0.5) is 0 Å². The molecule has 3 heteroatoms. The number of hydrogen-bond donors (Lipinski definition) is 2. The van der Waals surface area contributed by atoms with Gasteiger partial charge in [-0.15, -0.1) is 0 Å². The average Bonchev–Trinajstić information content (AvgIpc) is 2.98. The second-order valence-corrected chi connectivity index (χ2v) is 6.00.